The standard InChI is InChI=1S/C6H12N2O3/c1-4-11-8(7-10)6(9)5(2)3/h5H,4H2,1-3H3. The first-order valence-corrected chi connectivity index (χ1v) is 3.43. The van der Waals surface area contributed by atoms with Gasteiger partial charge in [0.2, 0.25) is 0 Å². The molecule has 0 heterocycles. The van der Waals surface area contributed by atoms with Crippen LogP contribution in [0.5, 0.6) is 0 Å². The monoisotopic (exact) mass is 160 g/mol. The van der Waals surface area contributed by atoms with Gasteiger partial charge in [-0.15, -0.1) is 4.91 Å². The predicted octanol–water partition coefficient (Wildman–Crippen LogP) is 1.10. The normalized spacial score (nSPS) is 9.82. The molecule has 11 heavy (non-hydrogen) atoms. The fourth-order valence-corrected chi connectivity index (χ4v) is 0.471. The number of amides is 1. The molecule has 0 spiro atoms. The van der Waals surface area contributed by atoms with Crippen molar-refractivity contribution in [3.8, 4) is 0 Å². The van der Waals surface area contributed by atoms with Crippen LogP contribution in [0.2, 0.25) is 0 Å². The zero-order chi connectivity index (χ0) is 8.85. The Labute approximate surface area is 65.2 Å². The van der Waals surface area contributed by atoms with Crippen LogP contribution in [0.3, 0.4) is 0 Å². The fourth-order valence-electron chi connectivity index (χ4n) is 0.471. The van der Waals surface area contributed by atoms with Crippen LogP contribution in [0.15, 0.2) is 5.29 Å². The van der Waals surface area contributed by atoms with Crippen LogP contribution < -0.4 is 0 Å². The Morgan fingerprint density at radius 3 is 2.45 bits per heavy atom. The topological polar surface area (TPSA) is 59.0 Å². The molecule has 0 saturated heterocycles. The minimum atomic E-state index is -0.429. The van der Waals surface area contributed by atoms with E-state index in [1.54, 1.807) is 20.8 Å². The zero-order valence-electron chi connectivity index (χ0n) is 6.90. The Morgan fingerprint density at radius 2 is 2.18 bits per heavy atom. The highest BCUT2D eigenvalue weighted by Gasteiger charge is 2.17. The molecular formula is C6H12N2O3. The summed E-state index contributed by atoms with van der Waals surface area (Å²) in [6.07, 6.45) is 0. The van der Waals surface area contributed by atoms with E-state index in [0.717, 1.165) is 0 Å². The highest BCUT2D eigenvalue weighted by atomic mass is 16.7. The average Bonchev–Trinajstić information content (AvgIpc) is 1.98. The third-order valence-electron chi connectivity index (χ3n) is 1.01. The van der Waals surface area contributed by atoms with Crippen molar-refractivity contribution in [2.45, 2.75) is 20.8 Å². The third-order valence-corrected chi connectivity index (χ3v) is 1.01. The van der Waals surface area contributed by atoms with E-state index in [1.165, 1.54) is 0 Å². The van der Waals surface area contributed by atoms with E-state index in [1.807, 2.05) is 0 Å². The molecule has 0 aromatic heterocycles. The minimum absolute atomic E-state index is 0.254. The maximum atomic E-state index is 11.0. The molecule has 0 saturated carbocycles. The summed E-state index contributed by atoms with van der Waals surface area (Å²) in [5, 5.41) is 2.89. The van der Waals surface area contributed by atoms with Gasteiger partial charge in [0.05, 0.1) is 11.9 Å². The molecule has 0 unspecified atom stereocenters. The van der Waals surface area contributed by atoms with Crippen LogP contribution in [-0.2, 0) is 9.63 Å². The zero-order valence-corrected chi connectivity index (χ0v) is 6.90. The average molecular weight is 160 g/mol. The summed E-state index contributed by atoms with van der Waals surface area (Å²) in [7, 11) is 0. The molecule has 0 fully saturated rings. The molecule has 5 heteroatoms. The van der Waals surface area contributed by atoms with E-state index >= 15 is 0 Å². The smallest absolute Gasteiger partial charge is 0.270 e. The molecule has 0 rings (SSSR count). The second kappa shape index (κ2) is 4.79. The first kappa shape index (κ1) is 10.0. The van der Waals surface area contributed by atoms with E-state index in [9.17, 15) is 9.70 Å². The maximum absolute atomic E-state index is 11.0. The van der Waals surface area contributed by atoms with E-state index in [-0.39, 0.29) is 12.5 Å². The largest absolute Gasteiger partial charge is 0.274 e. The van der Waals surface area contributed by atoms with Gasteiger partial charge in [0.25, 0.3) is 5.91 Å². The lowest BCUT2D eigenvalue weighted by Gasteiger charge is -2.12. The molecule has 0 aliphatic rings. The Hall–Kier alpha value is -0.970. The van der Waals surface area contributed by atoms with Gasteiger partial charge in [-0.1, -0.05) is 19.0 Å². The fraction of sp³-hybridized carbons (Fsp3) is 0.833. The summed E-state index contributed by atoms with van der Waals surface area (Å²) in [6, 6.07) is 0. The van der Waals surface area contributed by atoms with Crippen LogP contribution in [0.1, 0.15) is 20.8 Å². The third kappa shape index (κ3) is 3.08. The predicted molar refractivity (Wildman–Crippen MR) is 39.1 cm³/mol. The molecule has 0 aromatic rings. The van der Waals surface area contributed by atoms with Gasteiger partial charge in [-0.05, 0) is 6.92 Å². The summed E-state index contributed by atoms with van der Waals surface area (Å²) < 4.78 is 0. The first-order chi connectivity index (χ1) is 5.13. The second-order valence-electron chi connectivity index (χ2n) is 2.27. The van der Waals surface area contributed by atoms with E-state index in [2.05, 4.69) is 10.1 Å². The lowest BCUT2D eigenvalue weighted by molar-refractivity contribution is -0.189. The second-order valence-corrected chi connectivity index (χ2v) is 2.27. The number of rotatable bonds is 4. The van der Waals surface area contributed by atoms with E-state index in [0.29, 0.717) is 5.17 Å². The Bertz CT molecular complexity index is 147. The summed E-state index contributed by atoms with van der Waals surface area (Å²) >= 11 is 0. The summed E-state index contributed by atoms with van der Waals surface area (Å²) in [5.41, 5.74) is 0. The maximum Gasteiger partial charge on any atom is 0.274 e. The molecule has 0 aromatic carbocycles. The Morgan fingerprint density at radius 1 is 1.64 bits per heavy atom. The Balaban J connectivity index is 4.02. The van der Waals surface area contributed by atoms with Crippen molar-refractivity contribution in [2.24, 2.45) is 11.2 Å². The van der Waals surface area contributed by atoms with Crippen LogP contribution in [0.25, 0.3) is 0 Å². The van der Waals surface area contributed by atoms with Crippen molar-refractivity contribution in [1.82, 2.24) is 5.17 Å². The Kier molecular flexibility index (Phi) is 4.36. The van der Waals surface area contributed by atoms with Crippen molar-refractivity contribution >= 4 is 5.91 Å². The molecule has 0 radical (unpaired) electrons. The van der Waals surface area contributed by atoms with Gasteiger partial charge in [0.1, 0.15) is 0 Å². The van der Waals surface area contributed by atoms with Gasteiger partial charge in [-0.25, -0.2) is 4.84 Å². The minimum Gasteiger partial charge on any atom is -0.270 e. The lowest BCUT2D eigenvalue weighted by atomic mass is 10.2. The molecule has 0 N–H and O–H groups in total. The SMILES string of the molecule is CCON(N=O)C(=O)C(C)C. The highest BCUT2D eigenvalue weighted by molar-refractivity contribution is 5.76. The van der Waals surface area contributed by atoms with E-state index < -0.39 is 5.91 Å². The molecule has 0 aliphatic carbocycles. The van der Waals surface area contributed by atoms with Crippen LogP contribution in [-0.4, -0.2) is 17.7 Å². The van der Waals surface area contributed by atoms with Crippen LogP contribution >= 0.6 is 0 Å². The van der Waals surface area contributed by atoms with Gasteiger partial charge in [-0.2, -0.15) is 0 Å². The van der Waals surface area contributed by atoms with Gasteiger partial charge in [0.15, 0.2) is 0 Å². The number of hydrogen-bond donors (Lipinski definition) is 0. The molecule has 64 valence electrons. The number of carbonyl (C=O) groups excluding carboxylic acids is 1. The van der Waals surface area contributed by atoms with Gasteiger partial charge >= 0.3 is 0 Å². The van der Waals surface area contributed by atoms with Crippen LogP contribution in [0, 0.1) is 10.8 Å². The quantitative estimate of drug-likeness (QED) is 0.457. The van der Waals surface area contributed by atoms with Crippen molar-refractivity contribution in [3.63, 3.8) is 0 Å². The number of hydrogen-bond acceptors (Lipinski definition) is 4. The summed E-state index contributed by atoms with van der Waals surface area (Å²) in [6.45, 7) is 5.26. The van der Waals surface area contributed by atoms with Gasteiger partial charge in [0, 0.05) is 5.92 Å². The molecule has 1 amide bonds. The molecule has 0 bridgehead atoms. The van der Waals surface area contributed by atoms with Crippen molar-refractivity contribution < 1.29 is 9.63 Å². The number of hydroxylamine groups is 1. The van der Waals surface area contributed by atoms with Crippen LogP contribution in [0.4, 0.5) is 0 Å². The number of carbonyl (C=O) groups is 1. The molecule has 5 nitrogen and oxygen atoms in total. The molecular weight excluding hydrogens is 148 g/mol. The lowest BCUT2D eigenvalue weighted by Crippen LogP contribution is -2.29. The molecule has 0 atom stereocenters. The van der Waals surface area contributed by atoms with Crippen molar-refractivity contribution in [1.29, 1.82) is 0 Å². The van der Waals surface area contributed by atoms with Crippen molar-refractivity contribution in [2.75, 3.05) is 6.61 Å². The van der Waals surface area contributed by atoms with Crippen molar-refractivity contribution in [3.05, 3.63) is 4.91 Å². The highest BCUT2D eigenvalue weighted by Crippen LogP contribution is 2.01. The number of nitroso groups, excluding NO2 is 1. The summed E-state index contributed by atoms with van der Waals surface area (Å²) in [5.74, 6) is -0.707. The number of nitrogens with zero attached hydrogens (tertiary/aromatic N) is 2. The van der Waals surface area contributed by atoms with E-state index in [4.69, 9.17) is 0 Å². The molecule has 0 aliphatic heterocycles. The van der Waals surface area contributed by atoms with Gasteiger partial charge in [-0.3, -0.25) is 4.79 Å². The summed E-state index contributed by atoms with van der Waals surface area (Å²) in [4.78, 5) is 25.6. The first-order valence-electron chi connectivity index (χ1n) is 3.43. The van der Waals surface area contributed by atoms with Gasteiger partial charge < -0.3 is 0 Å².